The number of aliphatic carboxylic acids is 1. The third-order valence-corrected chi connectivity index (χ3v) is 7.18. The summed E-state index contributed by atoms with van der Waals surface area (Å²) in [5.41, 5.74) is 2.91. The number of carboxylic acid groups (broad SMARTS) is 1. The zero-order valence-electron chi connectivity index (χ0n) is 20.4. The third kappa shape index (κ3) is 4.92. The molecule has 0 aromatic heterocycles. The van der Waals surface area contributed by atoms with E-state index in [1.165, 1.54) is 16.3 Å². The molecule has 0 amide bonds. The molecule has 6 heteroatoms. The quantitative estimate of drug-likeness (QED) is 0.402. The number of benzene rings is 3. The predicted molar refractivity (Wildman–Crippen MR) is 135 cm³/mol. The van der Waals surface area contributed by atoms with Crippen LogP contribution in [0, 0.1) is 5.92 Å². The highest BCUT2D eigenvalue weighted by Crippen LogP contribution is 2.59. The van der Waals surface area contributed by atoms with Gasteiger partial charge in [-0.3, -0.25) is 4.79 Å². The largest absolute Gasteiger partial charge is 0.488 e. The molecule has 0 radical (unpaired) electrons. The van der Waals surface area contributed by atoms with Crippen LogP contribution in [0.5, 0.6) is 5.75 Å². The number of carbonyl (C=O) groups is 1. The van der Waals surface area contributed by atoms with Crippen molar-refractivity contribution >= 4 is 16.7 Å². The van der Waals surface area contributed by atoms with E-state index in [9.17, 15) is 15.0 Å². The van der Waals surface area contributed by atoms with Crippen molar-refractivity contribution < 1.29 is 24.5 Å². The molecular formula is C29H33NO5. The van der Waals surface area contributed by atoms with Crippen LogP contribution in [0.25, 0.3) is 10.8 Å². The van der Waals surface area contributed by atoms with Gasteiger partial charge in [0.1, 0.15) is 17.8 Å². The van der Waals surface area contributed by atoms with Crippen molar-refractivity contribution in [2.24, 2.45) is 5.92 Å². The molecule has 5 rings (SSSR count). The van der Waals surface area contributed by atoms with Gasteiger partial charge in [-0.2, -0.15) is 0 Å². The lowest BCUT2D eigenvalue weighted by molar-refractivity contribution is -0.139. The first-order valence-corrected chi connectivity index (χ1v) is 12.3. The van der Waals surface area contributed by atoms with Gasteiger partial charge in [-0.1, -0.05) is 60.7 Å². The van der Waals surface area contributed by atoms with Crippen molar-refractivity contribution in [2.45, 2.75) is 57.0 Å². The summed E-state index contributed by atoms with van der Waals surface area (Å²) in [5.74, 6) is -0.565. The number of rotatable bonds is 10. The predicted octanol–water partition coefficient (Wildman–Crippen LogP) is 4.45. The molecule has 5 atom stereocenters. The minimum absolute atomic E-state index is 0.0609. The number of para-hydroxylation sites is 1. The number of nitrogens with one attached hydrogen (secondary N) is 1. The van der Waals surface area contributed by atoms with Gasteiger partial charge in [-0.15, -0.1) is 0 Å². The van der Waals surface area contributed by atoms with Gasteiger partial charge in [0.15, 0.2) is 0 Å². The normalized spacial score (nSPS) is 22.2. The second-order valence-corrected chi connectivity index (χ2v) is 10.5. The molecule has 0 bridgehead atoms. The van der Waals surface area contributed by atoms with Crippen LogP contribution >= 0.6 is 0 Å². The number of hydrogen-bond acceptors (Lipinski definition) is 5. The molecule has 1 heterocycles. The average molecular weight is 476 g/mol. The number of carboxylic acids is 1. The number of aliphatic hydroxyl groups is 1. The summed E-state index contributed by atoms with van der Waals surface area (Å²) in [6.45, 7) is 6.81. The fraction of sp³-hybridized carbons (Fsp3) is 0.414. The molecular weight excluding hydrogens is 442 g/mol. The van der Waals surface area contributed by atoms with Crippen molar-refractivity contribution in [3.05, 3.63) is 77.4 Å². The van der Waals surface area contributed by atoms with Gasteiger partial charge in [0.25, 0.3) is 0 Å². The van der Waals surface area contributed by atoms with Crippen molar-refractivity contribution in [3.63, 3.8) is 0 Å². The monoisotopic (exact) mass is 475 g/mol. The van der Waals surface area contributed by atoms with E-state index in [0.29, 0.717) is 6.54 Å². The van der Waals surface area contributed by atoms with Crippen LogP contribution < -0.4 is 10.1 Å². The topological polar surface area (TPSA) is 88.0 Å². The highest BCUT2D eigenvalue weighted by Gasteiger charge is 2.63. The fourth-order valence-corrected chi connectivity index (χ4v) is 5.24. The van der Waals surface area contributed by atoms with E-state index in [1.54, 1.807) is 0 Å². The fourth-order valence-electron chi connectivity index (χ4n) is 5.24. The maximum absolute atomic E-state index is 11.3. The second-order valence-electron chi connectivity index (χ2n) is 10.5. The Labute approximate surface area is 205 Å². The van der Waals surface area contributed by atoms with Gasteiger partial charge in [0.2, 0.25) is 0 Å². The van der Waals surface area contributed by atoms with Crippen LogP contribution in [0.1, 0.15) is 49.5 Å². The molecule has 3 N–H and O–H groups in total. The summed E-state index contributed by atoms with van der Waals surface area (Å²) >= 11 is 0. The Morgan fingerprint density at radius 1 is 1.11 bits per heavy atom. The Balaban J connectivity index is 1.12. The van der Waals surface area contributed by atoms with Crippen LogP contribution in [0.15, 0.2) is 60.7 Å². The lowest BCUT2D eigenvalue weighted by Gasteiger charge is -2.28. The lowest BCUT2D eigenvalue weighted by Crippen LogP contribution is -2.46. The van der Waals surface area contributed by atoms with Gasteiger partial charge < -0.3 is 25.0 Å². The maximum Gasteiger partial charge on any atom is 0.311 e. The highest BCUT2D eigenvalue weighted by atomic mass is 16.5. The third-order valence-electron chi connectivity index (χ3n) is 7.18. The van der Waals surface area contributed by atoms with Crippen molar-refractivity contribution in [2.75, 3.05) is 13.2 Å². The first-order chi connectivity index (χ1) is 16.7. The van der Waals surface area contributed by atoms with Gasteiger partial charge in [0, 0.05) is 29.1 Å². The number of fused-ring (bicyclic) bond motifs is 4. The van der Waals surface area contributed by atoms with Gasteiger partial charge in [-0.05, 0) is 43.5 Å². The summed E-state index contributed by atoms with van der Waals surface area (Å²) in [5, 5.41) is 25.8. The standard InChI is InChI=1S/C29H33NO5/c1-17(22-9-6-10-23-24-25(28(32)33)27(24)35-26(22)23)34-16-21(31)15-30-29(2,3)14-18-11-12-19-7-4-5-8-20(19)13-18/h4-13,17,21,24-25,27,30-31H,14-16H2,1-3H3,(H,32,33). The number of aliphatic hydroxyl groups excluding tert-OH is 1. The highest BCUT2D eigenvalue weighted by molar-refractivity contribution is 5.83. The van der Waals surface area contributed by atoms with E-state index in [-0.39, 0.29) is 30.3 Å². The van der Waals surface area contributed by atoms with Gasteiger partial charge in [-0.25, -0.2) is 0 Å². The van der Waals surface area contributed by atoms with E-state index < -0.39 is 18.0 Å². The SMILES string of the molecule is CC(OCC(O)CNC(C)(C)Cc1ccc2ccccc2c1)c1cccc2c1OC1C(C(=O)O)C21. The smallest absolute Gasteiger partial charge is 0.311 e. The molecule has 1 aliphatic heterocycles. The van der Waals surface area contributed by atoms with E-state index in [2.05, 4.69) is 55.6 Å². The van der Waals surface area contributed by atoms with Crippen LogP contribution in [-0.2, 0) is 16.0 Å². The number of β-amino-alcohol motifs (C(OH)–C–C–N with tert-alkyl or cyclic N) is 1. The average Bonchev–Trinajstić information content (AvgIpc) is 3.43. The van der Waals surface area contributed by atoms with Crippen LogP contribution in [-0.4, -0.2) is 47.1 Å². The van der Waals surface area contributed by atoms with Crippen LogP contribution in [0.2, 0.25) is 0 Å². The lowest BCUT2D eigenvalue weighted by atomic mass is 9.93. The Hall–Kier alpha value is -2.93. The second kappa shape index (κ2) is 9.26. The van der Waals surface area contributed by atoms with Gasteiger partial charge >= 0.3 is 5.97 Å². The molecule has 1 aliphatic carbocycles. The zero-order chi connectivity index (χ0) is 24.7. The van der Waals surface area contributed by atoms with Crippen molar-refractivity contribution in [3.8, 4) is 5.75 Å². The van der Waals surface area contributed by atoms with Crippen molar-refractivity contribution in [1.82, 2.24) is 5.32 Å². The molecule has 35 heavy (non-hydrogen) atoms. The van der Waals surface area contributed by atoms with Crippen LogP contribution in [0.4, 0.5) is 0 Å². The van der Waals surface area contributed by atoms with Crippen molar-refractivity contribution in [1.29, 1.82) is 0 Å². The molecule has 3 aromatic rings. The Morgan fingerprint density at radius 2 is 1.89 bits per heavy atom. The number of ether oxygens (including phenoxy) is 2. The molecule has 1 fully saturated rings. The molecule has 5 unspecified atom stereocenters. The molecule has 6 nitrogen and oxygen atoms in total. The van der Waals surface area contributed by atoms with Crippen LogP contribution in [0.3, 0.4) is 0 Å². The molecule has 184 valence electrons. The maximum atomic E-state index is 11.3. The molecule has 1 saturated carbocycles. The minimum Gasteiger partial charge on any atom is -0.488 e. The minimum atomic E-state index is -0.806. The number of hydrogen-bond donors (Lipinski definition) is 3. The van der Waals surface area contributed by atoms with E-state index in [4.69, 9.17) is 9.47 Å². The van der Waals surface area contributed by atoms with Gasteiger partial charge in [0.05, 0.1) is 18.8 Å². The van der Waals surface area contributed by atoms with E-state index in [1.807, 2.05) is 31.2 Å². The molecule has 0 spiro atoms. The van der Waals surface area contributed by atoms with E-state index >= 15 is 0 Å². The Morgan fingerprint density at radius 3 is 2.66 bits per heavy atom. The molecule has 3 aromatic carbocycles. The summed E-state index contributed by atoms with van der Waals surface area (Å²) in [6, 6.07) is 20.7. The Bertz CT molecular complexity index is 1240. The summed E-state index contributed by atoms with van der Waals surface area (Å²) in [6.07, 6.45) is -0.355. The summed E-state index contributed by atoms with van der Waals surface area (Å²) in [7, 11) is 0. The van der Waals surface area contributed by atoms with E-state index in [0.717, 1.165) is 23.3 Å². The molecule has 0 saturated heterocycles. The summed E-state index contributed by atoms with van der Waals surface area (Å²) in [4.78, 5) is 11.3. The first-order valence-electron chi connectivity index (χ1n) is 12.3. The Kier molecular flexibility index (Phi) is 6.30. The zero-order valence-corrected chi connectivity index (χ0v) is 20.4. The molecule has 2 aliphatic rings. The first kappa shape index (κ1) is 23.8. The summed E-state index contributed by atoms with van der Waals surface area (Å²) < 4.78 is 11.9.